The van der Waals surface area contributed by atoms with Gasteiger partial charge in [-0.1, -0.05) is 0 Å². The third-order valence-corrected chi connectivity index (χ3v) is 3.31. The van der Waals surface area contributed by atoms with Crippen LogP contribution in [0.5, 0.6) is 0 Å². The van der Waals surface area contributed by atoms with Crippen LogP contribution in [0.25, 0.3) is 0 Å². The van der Waals surface area contributed by atoms with Crippen molar-refractivity contribution in [2.75, 3.05) is 20.3 Å². The van der Waals surface area contributed by atoms with Gasteiger partial charge in [0, 0.05) is 20.6 Å². The summed E-state index contributed by atoms with van der Waals surface area (Å²) in [6.45, 7) is 4.77. The van der Waals surface area contributed by atoms with E-state index in [2.05, 4.69) is 0 Å². The van der Waals surface area contributed by atoms with E-state index in [0.29, 0.717) is 13.2 Å². The highest BCUT2D eigenvalue weighted by atomic mass is 17.0. The first-order valence-corrected chi connectivity index (χ1v) is 5.96. The summed E-state index contributed by atoms with van der Waals surface area (Å²) in [5.41, 5.74) is 0. The molecule has 0 radical (unpaired) electrons. The molecule has 0 amide bonds. The van der Waals surface area contributed by atoms with Crippen LogP contribution in [-0.4, -0.2) is 57.0 Å². The summed E-state index contributed by atoms with van der Waals surface area (Å²) in [4.78, 5) is 0. The lowest BCUT2D eigenvalue weighted by Crippen LogP contribution is -2.62. The molecule has 3 aliphatic rings. The van der Waals surface area contributed by atoms with E-state index >= 15 is 0 Å². The van der Waals surface area contributed by atoms with Crippen molar-refractivity contribution in [1.82, 2.24) is 0 Å². The smallest absolute Gasteiger partial charge is 0.283 e. The topological polar surface area (TPSA) is 55.4 Å². The molecule has 0 aromatic rings. The van der Waals surface area contributed by atoms with E-state index in [1.165, 1.54) is 0 Å². The first-order chi connectivity index (χ1) is 8.17. The lowest BCUT2D eigenvalue weighted by molar-refractivity contribution is -0.385. The van der Waals surface area contributed by atoms with E-state index in [9.17, 15) is 0 Å². The van der Waals surface area contributed by atoms with Gasteiger partial charge in [0.05, 0.1) is 6.61 Å². The molecule has 3 saturated heterocycles. The van der Waals surface area contributed by atoms with Gasteiger partial charge in [0.1, 0.15) is 24.4 Å². The minimum absolute atomic E-state index is 0.158. The van der Waals surface area contributed by atoms with Crippen LogP contribution in [0, 0.1) is 0 Å². The van der Waals surface area contributed by atoms with Crippen molar-refractivity contribution in [2.24, 2.45) is 0 Å². The van der Waals surface area contributed by atoms with Crippen LogP contribution in [0.15, 0.2) is 0 Å². The van der Waals surface area contributed by atoms with Gasteiger partial charge >= 0.3 is 0 Å². The Morgan fingerprint density at radius 1 is 1.18 bits per heavy atom. The largest absolute Gasteiger partial charge is 0.382 e. The van der Waals surface area contributed by atoms with Crippen molar-refractivity contribution in [3.05, 3.63) is 0 Å². The molecule has 1 unspecified atom stereocenters. The summed E-state index contributed by atoms with van der Waals surface area (Å²) < 4.78 is 33.7. The van der Waals surface area contributed by atoms with Gasteiger partial charge in [0.15, 0.2) is 6.29 Å². The first kappa shape index (κ1) is 11.8. The maximum Gasteiger partial charge on any atom is 0.283 e. The van der Waals surface area contributed by atoms with E-state index in [-0.39, 0.29) is 24.4 Å². The Balaban J connectivity index is 1.84. The minimum Gasteiger partial charge on any atom is -0.382 e. The van der Waals surface area contributed by atoms with Gasteiger partial charge in [-0.3, -0.25) is 4.74 Å². The summed E-state index contributed by atoms with van der Waals surface area (Å²) in [5, 5.41) is 0. The average molecular weight is 246 g/mol. The van der Waals surface area contributed by atoms with Gasteiger partial charge < -0.3 is 23.7 Å². The lowest BCUT2D eigenvalue weighted by Gasteiger charge is -2.44. The normalized spacial score (nSPS) is 52.1. The average Bonchev–Trinajstić information content (AvgIpc) is 2.47. The van der Waals surface area contributed by atoms with Crippen LogP contribution >= 0.6 is 0 Å². The molecule has 3 rings (SSSR count). The Bertz CT molecular complexity index is 298. The number of hydrogen-bond donors (Lipinski definition) is 0. The number of ether oxygens (including phenoxy) is 6. The van der Waals surface area contributed by atoms with Crippen LogP contribution in [0.1, 0.15) is 13.8 Å². The van der Waals surface area contributed by atoms with Crippen LogP contribution in [0.3, 0.4) is 0 Å². The molecule has 98 valence electrons. The Hall–Kier alpha value is -0.240. The highest BCUT2D eigenvalue weighted by Gasteiger charge is 2.64. The van der Waals surface area contributed by atoms with E-state index in [4.69, 9.17) is 28.4 Å². The molecule has 0 aromatic heterocycles. The van der Waals surface area contributed by atoms with E-state index in [0.717, 1.165) is 0 Å². The molecule has 3 fully saturated rings. The molecule has 6 nitrogen and oxygen atoms in total. The molecule has 0 spiro atoms. The Kier molecular flexibility index (Phi) is 2.89. The van der Waals surface area contributed by atoms with E-state index in [1.807, 2.05) is 6.92 Å². The van der Waals surface area contributed by atoms with Crippen molar-refractivity contribution < 1.29 is 28.4 Å². The molecule has 6 atom stereocenters. The summed E-state index contributed by atoms with van der Waals surface area (Å²) in [7, 11) is 1.64. The zero-order valence-electron chi connectivity index (χ0n) is 10.3. The van der Waals surface area contributed by atoms with Gasteiger partial charge in [-0.15, -0.1) is 0 Å². The van der Waals surface area contributed by atoms with Crippen LogP contribution < -0.4 is 0 Å². The molecule has 0 aromatic carbocycles. The van der Waals surface area contributed by atoms with Gasteiger partial charge in [0.25, 0.3) is 5.97 Å². The Labute approximate surface area is 100 Å². The zero-order chi connectivity index (χ0) is 12.0. The van der Waals surface area contributed by atoms with Crippen molar-refractivity contribution in [2.45, 2.75) is 50.5 Å². The number of fused-ring (bicyclic) bond motifs is 2. The van der Waals surface area contributed by atoms with Gasteiger partial charge in [-0.05, 0) is 6.92 Å². The highest BCUT2D eigenvalue weighted by Crippen LogP contribution is 2.45. The van der Waals surface area contributed by atoms with Gasteiger partial charge in [0.2, 0.25) is 0 Å². The maximum atomic E-state index is 5.81. The van der Waals surface area contributed by atoms with Crippen molar-refractivity contribution in [1.29, 1.82) is 0 Å². The molecule has 3 aliphatic heterocycles. The molecule has 3 heterocycles. The highest BCUT2D eigenvalue weighted by molar-refractivity contribution is 4.99. The van der Waals surface area contributed by atoms with Crippen LogP contribution in [0.4, 0.5) is 0 Å². The monoisotopic (exact) mass is 246 g/mol. The third kappa shape index (κ3) is 1.80. The fraction of sp³-hybridized carbons (Fsp3) is 1.00. The second-order valence-electron chi connectivity index (χ2n) is 4.56. The number of methoxy groups -OCH3 is 1. The summed E-state index contributed by atoms with van der Waals surface area (Å²) in [6, 6.07) is 0. The summed E-state index contributed by atoms with van der Waals surface area (Å²) in [6.07, 6.45) is -1.20. The molecule has 0 N–H and O–H groups in total. The quantitative estimate of drug-likeness (QED) is 0.709. The predicted octanol–water partition coefficient (Wildman–Crippen LogP) is 0.251. The molecular formula is C11H18O6. The van der Waals surface area contributed by atoms with Gasteiger partial charge in [-0.25, -0.2) is 0 Å². The standard InChI is InChI=1S/C11H18O6/c1-4-13-8-7-6(5-12-3)14-10-9(8)16-11(2,15-7)17-10/h6-10H,4-5H2,1-3H3/t6-,7-,8+,9-,10-,11?/m1/s1. The van der Waals surface area contributed by atoms with Crippen molar-refractivity contribution in [3.63, 3.8) is 0 Å². The molecule has 3 bridgehead atoms. The molecule has 6 heteroatoms. The molecular weight excluding hydrogens is 228 g/mol. The van der Waals surface area contributed by atoms with Crippen LogP contribution in [-0.2, 0) is 28.4 Å². The van der Waals surface area contributed by atoms with Gasteiger partial charge in [-0.2, -0.15) is 0 Å². The van der Waals surface area contributed by atoms with E-state index < -0.39 is 12.3 Å². The first-order valence-electron chi connectivity index (χ1n) is 5.96. The second kappa shape index (κ2) is 4.15. The maximum absolute atomic E-state index is 5.81. The molecule has 17 heavy (non-hydrogen) atoms. The summed E-state index contributed by atoms with van der Waals surface area (Å²) in [5.74, 6) is -1.00. The van der Waals surface area contributed by atoms with Crippen molar-refractivity contribution in [3.8, 4) is 0 Å². The zero-order valence-corrected chi connectivity index (χ0v) is 10.3. The van der Waals surface area contributed by atoms with Crippen LogP contribution in [0.2, 0.25) is 0 Å². The Morgan fingerprint density at radius 2 is 1.94 bits per heavy atom. The minimum atomic E-state index is -1.00. The molecule has 0 saturated carbocycles. The predicted molar refractivity (Wildman–Crippen MR) is 55.2 cm³/mol. The number of hydrogen-bond acceptors (Lipinski definition) is 6. The second-order valence-corrected chi connectivity index (χ2v) is 4.56. The fourth-order valence-corrected chi connectivity index (χ4v) is 2.71. The number of rotatable bonds is 4. The molecule has 0 aliphatic carbocycles. The van der Waals surface area contributed by atoms with E-state index in [1.54, 1.807) is 14.0 Å². The summed E-state index contributed by atoms with van der Waals surface area (Å²) >= 11 is 0. The Morgan fingerprint density at radius 3 is 2.65 bits per heavy atom. The lowest BCUT2D eigenvalue weighted by atomic mass is 9.98. The fourth-order valence-electron chi connectivity index (χ4n) is 2.71. The van der Waals surface area contributed by atoms with Crippen molar-refractivity contribution >= 4 is 0 Å². The third-order valence-electron chi connectivity index (χ3n) is 3.31. The SMILES string of the molecule is CCO[C@@H]1[C@H]2OC3(C)O[C@H]2O[C@H](COC)[C@H]1O3.